The number of furan rings is 1. The molecule has 5 nitrogen and oxygen atoms in total. The van der Waals surface area contributed by atoms with Crippen LogP contribution in [0, 0.1) is 5.92 Å². The van der Waals surface area contributed by atoms with Crippen LogP contribution in [0.2, 0.25) is 0 Å². The summed E-state index contributed by atoms with van der Waals surface area (Å²) in [5, 5.41) is 11.8. The minimum Gasteiger partial charge on any atom is -0.467 e. The third-order valence-corrected chi connectivity index (χ3v) is 2.70. The van der Waals surface area contributed by atoms with Crippen molar-refractivity contribution in [1.82, 2.24) is 5.32 Å². The van der Waals surface area contributed by atoms with E-state index < -0.39 is 6.04 Å². The molecule has 2 rings (SSSR count). The van der Waals surface area contributed by atoms with Gasteiger partial charge >= 0.3 is 0 Å². The number of carbonyl (C=O) groups is 2. The Kier molecular flexibility index (Phi) is 3.05. The monoisotopic (exact) mass is 223 g/mol. The Balaban J connectivity index is 1.92. The van der Waals surface area contributed by atoms with Crippen LogP contribution in [0.5, 0.6) is 0 Å². The molecule has 0 spiro atoms. The van der Waals surface area contributed by atoms with Gasteiger partial charge in [0.05, 0.1) is 18.8 Å². The summed E-state index contributed by atoms with van der Waals surface area (Å²) >= 11 is 0. The molecule has 1 saturated carbocycles. The largest absolute Gasteiger partial charge is 0.467 e. The molecule has 1 aromatic rings. The summed E-state index contributed by atoms with van der Waals surface area (Å²) in [5.41, 5.74) is 0. The van der Waals surface area contributed by atoms with Crippen molar-refractivity contribution in [3.05, 3.63) is 24.2 Å². The minimum absolute atomic E-state index is 0.110. The SMILES string of the molecule is O=C1CC(C(=O)NC(CO)c2ccco2)C1. The smallest absolute Gasteiger partial charge is 0.224 e. The van der Waals surface area contributed by atoms with E-state index in [-0.39, 0.29) is 24.2 Å². The summed E-state index contributed by atoms with van der Waals surface area (Å²) in [6.07, 6.45) is 2.10. The molecule has 2 N–H and O–H groups in total. The van der Waals surface area contributed by atoms with E-state index in [0.29, 0.717) is 18.6 Å². The van der Waals surface area contributed by atoms with Gasteiger partial charge in [-0.25, -0.2) is 0 Å². The van der Waals surface area contributed by atoms with Crippen LogP contribution in [0.4, 0.5) is 0 Å². The zero-order valence-corrected chi connectivity index (χ0v) is 8.68. The maximum absolute atomic E-state index is 11.6. The molecule has 1 aromatic heterocycles. The number of rotatable bonds is 4. The summed E-state index contributed by atoms with van der Waals surface area (Å²) in [6.45, 7) is -0.222. The van der Waals surface area contributed by atoms with Crippen molar-refractivity contribution in [3.63, 3.8) is 0 Å². The zero-order chi connectivity index (χ0) is 11.5. The topological polar surface area (TPSA) is 79.5 Å². The van der Waals surface area contributed by atoms with E-state index in [1.165, 1.54) is 6.26 Å². The molecule has 0 aliphatic heterocycles. The second-order valence-electron chi connectivity index (χ2n) is 3.90. The van der Waals surface area contributed by atoms with E-state index in [0.717, 1.165) is 0 Å². The van der Waals surface area contributed by atoms with Crippen LogP contribution in [0.15, 0.2) is 22.8 Å². The molecule has 1 unspecified atom stereocenters. The van der Waals surface area contributed by atoms with Crippen LogP contribution in [-0.4, -0.2) is 23.4 Å². The Bertz CT molecular complexity index is 377. The maximum Gasteiger partial charge on any atom is 0.224 e. The lowest BCUT2D eigenvalue weighted by molar-refractivity contribution is -0.138. The Morgan fingerprint density at radius 3 is 2.88 bits per heavy atom. The maximum atomic E-state index is 11.6. The van der Waals surface area contributed by atoms with Crippen molar-refractivity contribution in [2.45, 2.75) is 18.9 Å². The Labute approximate surface area is 92.4 Å². The lowest BCUT2D eigenvalue weighted by atomic mass is 9.83. The summed E-state index contributed by atoms with van der Waals surface area (Å²) in [4.78, 5) is 22.4. The number of ketones is 1. The van der Waals surface area contributed by atoms with E-state index in [4.69, 9.17) is 9.52 Å². The van der Waals surface area contributed by atoms with Crippen molar-refractivity contribution >= 4 is 11.7 Å². The first-order chi connectivity index (χ1) is 7.70. The van der Waals surface area contributed by atoms with Gasteiger partial charge in [-0.1, -0.05) is 0 Å². The van der Waals surface area contributed by atoms with E-state index in [2.05, 4.69) is 5.32 Å². The average molecular weight is 223 g/mol. The highest BCUT2D eigenvalue weighted by Gasteiger charge is 2.33. The highest BCUT2D eigenvalue weighted by atomic mass is 16.3. The van der Waals surface area contributed by atoms with Gasteiger partial charge in [-0.15, -0.1) is 0 Å². The average Bonchev–Trinajstić information content (AvgIpc) is 2.74. The van der Waals surface area contributed by atoms with Gasteiger partial charge in [-0.3, -0.25) is 9.59 Å². The second-order valence-corrected chi connectivity index (χ2v) is 3.90. The lowest BCUT2D eigenvalue weighted by Crippen LogP contribution is -2.41. The molecule has 0 saturated heterocycles. The number of amides is 1. The highest BCUT2D eigenvalue weighted by molar-refractivity contribution is 5.96. The van der Waals surface area contributed by atoms with Crippen LogP contribution in [0.1, 0.15) is 24.6 Å². The third kappa shape index (κ3) is 2.14. The molecule has 5 heteroatoms. The van der Waals surface area contributed by atoms with Crippen molar-refractivity contribution in [2.75, 3.05) is 6.61 Å². The summed E-state index contributed by atoms with van der Waals surface area (Å²) in [7, 11) is 0. The molecule has 1 amide bonds. The van der Waals surface area contributed by atoms with E-state index >= 15 is 0 Å². The fourth-order valence-electron chi connectivity index (χ4n) is 1.66. The number of hydrogen-bond acceptors (Lipinski definition) is 4. The van der Waals surface area contributed by atoms with E-state index in [1.54, 1.807) is 12.1 Å². The Morgan fingerprint density at radius 1 is 1.62 bits per heavy atom. The van der Waals surface area contributed by atoms with Gasteiger partial charge in [0.2, 0.25) is 5.91 Å². The minimum atomic E-state index is -0.529. The van der Waals surface area contributed by atoms with Crippen LogP contribution in [-0.2, 0) is 9.59 Å². The molecule has 16 heavy (non-hydrogen) atoms. The first-order valence-corrected chi connectivity index (χ1v) is 5.17. The van der Waals surface area contributed by atoms with Crippen LogP contribution in [0.3, 0.4) is 0 Å². The summed E-state index contributed by atoms with van der Waals surface area (Å²) < 4.78 is 5.10. The standard InChI is InChI=1S/C11H13NO4/c13-6-9(10-2-1-3-16-10)12-11(15)7-4-8(14)5-7/h1-3,7,9,13H,4-6H2,(H,12,15). The molecule has 1 fully saturated rings. The summed E-state index contributed by atoms with van der Waals surface area (Å²) in [5.74, 6) is 0.187. The van der Waals surface area contributed by atoms with Crippen molar-refractivity contribution in [1.29, 1.82) is 0 Å². The molecule has 86 valence electrons. The fourth-order valence-corrected chi connectivity index (χ4v) is 1.66. The number of Topliss-reactive ketones (excluding diaryl/α,β-unsaturated/α-hetero) is 1. The van der Waals surface area contributed by atoms with Gasteiger partial charge in [0.1, 0.15) is 17.6 Å². The van der Waals surface area contributed by atoms with Crippen LogP contribution >= 0.6 is 0 Å². The van der Waals surface area contributed by atoms with Crippen LogP contribution in [0.25, 0.3) is 0 Å². The van der Waals surface area contributed by atoms with E-state index in [9.17, 15) is 9.59 Å². The summed E-state index contributed by atoms with van der Waals surface area (Å²) in [6, 6.07) is 2.85. The molecule has 1 aliphatic carbocycles. The van der Waals surface area contributed by atoms with Crippen molar-refractivity contribution in [2.24, 2.45) is 5.92 Å². The highest BCUT2D eigenvalue weighted by Crippen LogP contribution is 2.24. The van der Waals surface area contributed by atoms with E-state index in [1.807, 2.05) is 0 Å². The molecular formula is C11H13NO4. The van der Waals surface area contributed by atoms with Gasteiger partial charge in [-0.05, 0) is 12.1 Å². The molecule has 1 aliphatic rings. The number of aliphatic hydroxyl groups excluding tert-OH is 1. The number of aliphatic hydroxyl groups is 1. The fraction of sp³-hybridized carbons (Fsp3) is 0.455. The predicted molar refractivity (Wildman–Crippen MR) is 54.4 cm³/mol. The first-order valence-electron chi connectivity index (χ1n) is 5.17. The predicted octanol–water partition coefficient (Wildman–Crippen LogP) is 0.408. The lowest BCUT2D eigenvalue weighted by Gasteiger charge is -2.25. The number of hydrogen-bond donors (Lipinski definition) is 2. The first kappa shape index (κ1) is 10.9. The molecule has 0 aromatic carbocycles. The number of carbonyl (C=O) groups excluding carboxylic acids is 2. The van der Waals surface area contributed by atoms with Gasteiger partial charge in [0, 0.05) is 12.8 Å². The Morgan fingerprint density at radius 2 is 2.38 bits per heavy atom. The molecule has 1 heterocycles. The van der Waals surface area contributed by atoms with Gasteiger partial charge in [0.15, 0.2) is 0 Å². The molecule has 1 atom stereocenters. The van der Waals surface area contributed by atoms with Gasteiger partial charge in [0.25, 0.3) is 0 Å². The molecular weight excluding hydrogens is 210 g/mol. The van der Waals surface area contributed by atoms with Gasteiger partial charge in [-0.2, -0.15) is 0 Å². The molecule has 0 radical (unpaired) electrons. The Hall–Kier alpha value is -1.62. The second kappa shape index (κ2) is 4.49. The van der Waals surface area contributed by atoms with Crippen molar-refractivity contribution in [3.8, 4) is 0 Å². The third-order valence-electron chi connectivity index (χ3n) is 2.70. The molecule has 0 bridgehead atoms. The van der Waals surface area contributed by atoms with Crippen molar-refractivity contribution < 1.29 is 19.1 Å². The quantitative estimate of drug-likeness (QED) is 0.774. The zero-order valence-electron chi connectivity index (χ0n) is 8.68. The van der Waals surface area contributed by atoms with Crippen LogP contribution < -0.4 is 5.32 Å². The van der Waals surface area contributed by atoms with Gasteiger partial charge < -0.3 is 14.8 Å². The number of nitrogens with one attached hydrogen (secondary N) is 1. The normalized spacial score (nSPS) is 17.9.